The van der Waals surface area contributed by atoms with Gasteiger partial charge in [0.15, 0.2) is 0 Å². The number of nitrogens with zero attached hydrogens (tertiary/aromatic N) is 3. The molecule has 4 amide bonds. The molecule has 1 aliphatic heterocycles. The third-order valence-corrected chi connectivity index (χ3v) is 5.54. The molecule has 2 aliphatic rings. The number of hydrogen-bond acceptors (Lipinski definition) is 4. The Balaban J connectivity index is 1.46. The monoisotopic (exact) mass is 381 g/mol. The number of carbonyl (C=O) groups excluding carboxylic acids is 3. The minimum absolute atomic E-state index is 0.281. The summed E-state index contributed by atoms with van der Waals surface area (Å²) in [4.78, 5) is 38.8. The van der Waals surface area contributed by atoms with Gasteiger partial charge >= 0.3 is 6.03 Å². The number of urea groups is 1. The third-order valence-electron chi connectivity index (χ3n) is 5.54. The average molecular weight is 381 g/mol. The zero-order valence-corrected chi connectivity index (χ0v) is 15.7. The summed E-state index contributed by atoms with van der Waals surface area (Å²) in [6.07, 6.45) is 6.02. The van der Waals surface area contributed by atoms with Crippen LogP contribution >= 0.6 is 0 Å². The van der Waals surface area contributed by atoms with Crippen LogP contribution < -0.4 is 10.6 Å². The van der Waals surface area contributed by atoms with Crippen molar-refractivity contribution in [3.63, 3.8) is 0 Å². The Bertz CT molecular complexity index is 904. The van der Waals surface area contributed by atoms with Crippen molar-refractivity contribution in [2.24, 2.45) is 0 Å². The standard InChI is InChI=1S/C20H23N5O3/c1-20(14-7-3-2-4-8-14)18(27)24(19(28)23-20)13-17(26)22-16-11-12-21-25(16)15-9-5-6-10-15/h2-4,7-8,11-12,15H,5-6,9-10,13H2,1H3,(H,22,26)(H,23,28)/t20-/m1/s1. The summed E-state index contributed by atoms with van der Waals surface area (Å²) >= 11 is 0. The van der Waals surface area contributed by atoms with Crippen LogP contribution in [0.2, 0.25) is 0 Å². The molecule has 1 aliphatic carbocycles. The summed E-state index contributed by atoms with van der Waals surface area (Å²) < 4.78 is 1.82. The SMILES string of the molecule is C[C@]1(c2ccccc2)NC(=O)N(CC(=O)Nc2ccnn2C2CCCC2)C1=O. The molecule has 28 heavy (non-hydrogen) atoms. The number of aromatic nitrogens is 2. The molecule has 2 N–H and O–H groups in total. The number of rotatable bonds is 5. The molecular weight excluding hydrogens is 358 g/mol. The molecule has 4 rings (SSSR count). The van der Waals surface area contributed by atoms with Crippen molar-refractivity contribution >= 4 is 23.7 Å². The molecule has 2 fully saturated rings. The number of hydrogen-bond donors (Lipinski definition) is 2. The summed E-state index contributed by atoms with van der Waals surface area (Å²) in [5.74, 6) is -0.279. The Morgan fingerprint density at radius 1 is 1.21 bits per heavy atom. The molecule has 1 saturated carbocycles. The average Bonchev–Trinajstić information content (AvgIpc) is 3.41. The Labute approximate surface area is 162 Å². The van der Waals surface area contributed by atoms with Crippen LogP contribution in [0, 0.1) is 0 Å². The van der Waals surface area contributed by atoms with Gasteiger partial charge in [0.25, 0.3) is 5.91 Å². The van der Waals surface area contributed by atoms with Crippen LogP contribution in [0.5, 0.6) is 0 Å². The first-order valence-electron chi connectivity index (χ1n) is 9.52. The van der Waals surface area contributed by atoms with Crippen molar-refractivity contribution in [1.29, 1.82) is 0 Å². The quantitative estimate of drug-likeness (QED) is 0.778. The van der Waals surface area contributed by atoms with Gasteiger partial charge in [-0.15, -0.1) is 0 Å². The highest BCUT2D eigenvalue weighted by Gasteiger charge is 2.49. The maximum Gasteiger partial charge on any atom is 0.325 e. The van der Waals surface area contributed by atoms with Gasteiger partial charge in [0.2, 0.25) is 5.91 Å². The van der Waals surface area contributed by atoms with Gasteiger partial charge in [0.05, 0.1) is 12.2 Å². The van der Waals surface area contributed by atoms with E-state index < -0.39 is 23.4 Å². The van der Waals surface area contributed by atoms with E-state index in [0.29, 0.717) is 11.4 Å². The van der Waals surface area contributed by atoms with Gasteiger partial charge in [0.1, 0.15) is 17.9 Å². The Morgan fingerprint density at radius 2 is 1.93 bits per heavy atom. The van der Waals surface area contributed by atoms with E-state index in [9.17, 15) is 14.4 Å². The zero-order valence-electron chi connectivity index (χ0n) is 15.7. The fourth-order valence-electron chi connectivity index (χ4n) is 3.99. The molecule has 2 aromatic rings. The number of benzene rings is 1. The van der Waals surface area contributed by atoms with E-state index >= 15 is 0 Å². The first kappa shape index (κ1) is 18.2. The number of amides is 4. The molecule has 8 heteroatoms. The molecular formula is C20H23N5O3. The van der Waals surface area contributed by atoms with Gasteiger partial charge in [-0.25, -0.2) is 9.48 Å². The van der Waals surface area contributed by atoms with Crippen molar-refractivity contribution < 1.29 is 14.4 Å². The van der Waals surface area contributed by atoms with Crippen LogP contribution in [0.15, 0.2) is 42.6 Å². The second-order valence-corrected chi connectivity index (χ2v) is 7.46. The maximum atomic E-state index is 12.9. The molecule has 2 heterocycles. The second kappa shape index (κ2) is 7.10. The van der Waals surface area contributed by atoms with Gasteiger partial charge in [-0.05, 0) is 25.3 Å². The smallest absolute Gasteiger partial charge is 0.319 e. The molecule has 0 bridgehead atoms. The first-order valence-corrected chi connectivity index (χ1v) is 9.52. The zero-order chi connectivity index (χ0) is 19.7. The number of nitrogens with one attached hydrogen (secondary N) is 2. The van der Waals surface area contributed by atoms with E-state index in [1.165, 1.54) is 0 Å². The summed E-state index contributed by atoms with van der Waals surface area (Å²) in [6, 6.07) is 10.4. The topological polar surface area (TPSA) is 96.3 Å². The van der Waals surface area contributed by atoms with Crippen LogP contribution in [0.25, 0.3) is 0 Å². The lowest BCUT2D eigenvalue weighted by molar-refractivity contribution is -0.133. The van der Waals surface area contributed by atoms with Crippen LogP contribution in [0.1, 0.15) is 44.2 Å². The van der Waals surface area contributed by atoms with Crippen LogP contribution in [0.3, 0.4) is 0 Å². The van der Waals surface area contributed by atoms with Crippen molar-refractivity contribution in [2.75, 3.05) is 11.9 Å². The van der Waals surface area contributed by atoms with Crippen molar-refractivity contribution in [3.05, 3.63) is 48.2 Å². The van der Waals surface area contributed by atoms with Crippen LogP contribution in [-0.4, -0.2) is 39.1 Å². The predicted molar refractivity (Wildman–Crippen MR) is 102 cm³/mol. The van der Waals surface area contributed by atoms with E-state index in [2.05, 4.69) is 15.7 Å². The van der Waals surface area contributed by atoms with E-state index in [-0.39, 0.29) is 12.6 Å². The van der Waals surface area contributed by atoms with Gasteiger partial charge in [-0.1, -0.05) is 43.2 Å². The third kappa shape index (κ3) is 3.15. The van der Waals surface area contributed by atoms with Gasteiger partial charge in [-0.2, -0.15) is 5.10 Å². The van der Waals surface area contributed by atoms with E-state index in [1.807, 2.05) is 10.7 Å². The Morgan fingerprint density at radius 3 is 2.64 bits per heavy atom. The summed E-state index contributed by atoms with van der Waals surface area (Å²) in [7, 11) is 0. The second-order valence-electron chi connectivity index (χ2n) is 7.46. The highest BCUT2D eigenvalue weighted by atomic mass is 16.2. The summed E-state index contributed by atoms with van der Waals surface area (Å²) in [5.41, 5.74) is -0.500. The Hall–Kier alpha value is -3.16. The first-order chi connectivity index (χ1) is 13.5. The molecule has 0 unspecified atom stereocenters. The highest BCUT2D eigenvalue weighted by molar-refractivity contribution is 6.10. The fraction of sp³-hybridized carbons (Fsp3) is 0.400. The lowest BCUT2D eigenvalue weighted by Crippen LogP contribution is -2.42. The van der Waals surface area contributed by atoms with Gasteiger partial charge in [-0.3, -0.25) is 14.5 Å². The van der Waals surface area contributed by atoms with E-state index in [0.717, 1.165) is 30.6 Å². The normalized spacial score (nSPS) is 22.5. The summed E-state index contributed by atoms with van der Waals surface area (Å²) in [6.45, 7) is 1.30. The molecule has 1 atom stereocenters. The van der Waals surface area contributed by atoms with Gasteiger partial charge < -0.3 is 10.6 Å². The van der Waals surface area contributed by atoms with Gasteiger partial charge in [0, 0.05) is 6.07 Å². The van der Waals surface area contributed by atoms with Crippen molar-refractivity contribution in [2.45, 2.75) is 44.2 Å². The van der Waals surface area contributed by atoms with Crippen molar-refractivity contribution in [1.82, 2.24) is 20.0 Å². The number of anilines is 1. The molecule has 1 aromatic heterocycles. The number of imide groups is 1. The molecule has 0 spiro atoms. The molecule has 0 radical (unpaired) electrons. The molecule has 1 saturated heterocycles. The Kier molecular flexibility index (Phi) is 4.62. The maximum absolute atomic E-state index is 12.9. The molecule has 146 valence electrons. The lowest BCUT2D eigenvalue weighted by Gasteiger charge is -2.22. The molecule has 8 nitrogen and oxygen atoms in total. The lowest BCUT2D eigenvalue weighted by atomic mass is 9.92. The molecule has 1 aromatic carbocycles. The van der Waals surface area contributed by atoms with E-state index in [4.69, 9.17) is 0 Å². The largest absolute Gasteiger partial charge is 0.325 e. The highest BCUT2D eigenvalue weighted by Crippen LogP contribution is 2.31. The fourth-order valence-corrected chi connectivity index (χ4v) is 3.99. The number of carbonyl (C=O) groups is 3. The predicted octanol–water partition coefficient (Wildman–Crippen LogP) is 2.40. The van der Waals surface area contributed by atoms with Crippen molar-refractivity contribution in [3.8, 4) is 0 Å². The van der Waals surface area contributed by atoms with E-state index in [1.54, 1.807) is 43.5 Å². The van der Waals surface area contributed by atoms with Crippen LogP contribution in [0.4, 0.5) is 10.6 Å². The minimum Gasteiger partial charge on any atom is -0.319 e. The van der Waals surface area contributed by atoms with Crippen LogP contribution in [-0.2, 0) is 15.1 Å². The summed E-state index contributed by atoms with van der Waals surface area (Å²) in [5, 5.41) is 9.81. The minimum atomic E-state index is -1.18.